The number of carbonyl (C=O) groups excluding carboxylic acids is 1. The number of halogens is 2. The highest BCUT2D eigenvalue weighted by Crippen LogP contribution is 2.12. The van der Waals surface area contributed by atoms with Crippen LogP contribution in [0.15, 0.2) is 6.33 Å². The number of imidazole rings is 1. The third-order valence-corrected chi connectivity index (χ3v) is 2.22. The predicted molar refractivity (Wildman–Crippen MR) is 63.0 cm³/mol. The molecular weight excluding hydrogens is 257 g/mol. The molecule has 1 aliphatic heterocycles. The van der Waals surface area contributed by atoms with Gasteiger partial charge in [0.2, 0.25) is 0 Å². The minimum Gasteiger partial charge on any atom is -0.468 e. The molecule has 1 aliphatic rings. The van der Waals surface area contributed by atoms with Crippen LogP contribution in [0.4, 0.5) is 0 Å². The Balaban J connectivity index is 0. The third kappa shape index (κ3) is 3.34. The number of fused-ring (bicyclic) bond motifs is 1. The van der Waals surface area contributed by atoms with Gasteiger partial charge in [0, 0.05) is 13.0 Å². The molecule has 2 rings (SSSR count). The first-order valence-corrected chi connectivity index (χ1v) is 4.13. The van der Waals surface area contributed by atoms with E-state index >= 15 is 0 Å². The van der Waals surface area contributed by atoms with Gasteiger partial charge in [-0.1, -0.05) is 0 Å². The van der Waals surface area contributed by atoms with Gasteiger partial charge in [-0.05, 0) is 0 Å². The van der Waals surface area contributed by atoms with Crippen LogP contribution in [0.3, 0.4) is 0 Å². The molecule has 4 N–H and O–H groups in total. The van der Waals surface area contributed by atoms with Crippen LogP contribution in [0.1, 0.15) is 11.4 Å². The average molecular weight is 272 g/mol. The molecule has 0 aliphatic carbocycles. The molecular formula is C8H15Cl2N3O3. The zero-order valence-electron chi connectivity index (χ0n) is 8.65. The van der Waals surface area contributed by atoms with Crippen molar-refractivity contribution in [3.05, 3.63) is 17.7 Å². The van der Waals surface area contributed by atoms with Crippen molar-refractivity contribution < 1.29 is 15.0 Å². The number of aromatic nitrogens is 2. The number of nitrogens with one attached hydrogen (secondary N) is 2. The average Bonchev–Trinajstić information content (AvgIpc) is 2.63. The SMILES string of the molecule is COC(=O)C1Cc2nc[nH]c2CN1.Cl.Cl.O. The monoisotopic (exact) mass is 271 g/mol. The number of hydrogen-bond donors (Lipinski definition) is 2. The minimum atomic E-state index is -0.249. The molecule has 94 valence electrons. The van der Waals surface area contributed by atoms with E-state index in [1.807, 2.05) is 0 Å². The number of H-pyrrole nitrogens is 1. The summed E-state index contributed by atoms with van der Waals surface area (Å²) in [6.07, 6.45) is 2.25. The fourth-order valence-electron chi connectivity index (χ4n) is 1.48. The summed E-state index contributed by atoms with van der Waals surface area (Å²) >= 11 is 0. The second kappa shape index (κ2) is 7.45. The summed E-state index contributed by atoms with van der Waals surface area (Å²) in [4.78, 5) is 18.3. The van der Waals surface area contributed by atoms with E-state index in [4.69, 9.17) is 0 Å². The van der Waals surface area contributed by atoms with Crippen molar-refractivity contribution in [1.29, 1.82) is 0 Å². The molecule has 1 aromatic rings. The van der Waals surface area contributed by atoms with Crippen LogP contribution in [0, 0.1) is 0 Å². The molecule has 0 saturated carbocycles. The zero-order valence-corrected chi connectivity index (χ0v) is 10.3. The van der Waals surface area contributed by atoms with Crippen molar-refractivity contribution in [2.24, 2.45) is 0 Å². The van der Waals surface area contributed by atoms with E-state index in [2.05, 4.69) is 20.0 Å². The van der Waals surface area contributed by atoms with Crippen LogP contribution in [-0.2, 0) is 22.5 Å². The van der Waals surface area contributed by atoms with Crippen LogP contribution in [0.5, 0.6) is 0 Å². The molecule has 0 fully saturated rings. The summed E-state index contributed by atoms with van der Waals surface area (Å²) < 4.78 is 4.64. The molecule has 0 saturated heterocycles. The highest BCUT2D eigenvalue weighted by molar-refractivity contribution is 5.85. The molecule has 0 bridgehead atoms. The zero-order chi connectivity index (χ0) is 9.26. The third-order valence-electron chi connectivity index (χ3n) is 2.22. The Morgan fingerprint density at radius 1 is 1.56 bits per heavy atom. The molecule has 0 spiro atoms. The lowest BCUT2D eigenvalue weighted by molar-refractivity contribution is -0.143. The number of esters is 1. The Bertz CT molecular complexity index is 332. The Morgan fingerprint density at radius 2 is 2.25 bits per heavy atom. The predicted octanol–water partition coefficient (Wildman–Crippen LogP) is -0.384. The topological polar surface area (TPSA) is 98.5 Å². The summed E-state index contributed by atoms with van der Waals surface area (Å²) in [5.41, 5.74) is 2.01. The number of aromatic amines is 1. The molecule has 0 aromatic carbocycles. The summed E-state index contributed by atoms with van der Waals surface area (Å²) in [7, 11) is 1.39. The number of carbonyl (C=O) groups is 1. The fraction of sp³-hybridized carbons (Fsp3) is 0.500. The molecule has 1 atom stereocenters. The number of rotatable bonds is 1. The second-order valence-electron chi connectivity index (χ2n) is 2.99. The number of ether oxygens (including phenoxy) is 1. The van der Waals surface area contributed by atoms with Gasteiger partial charge in [0.25, 0.3) is 0 Å². The van der Waals surface area contributed by atoms with Crippen LogP contribution < -0.4 is 5.32 Å². The smallest absolute Gasteiger partial charge is 0.323 e. The van der Waals surface area contributed by atoms with Gasteiger partial charge in [0.1, 0.15) is 6.04 Å². The van der Waals surface area contributed by atoms with E-state index < -0.39 is 0 Å². The molecule has 0 radical (unpaired) electrons. The van der Waals surface area contributed by atoms with E-state index in [1.54, 1.807) is 6.33 Å². The number of hydrogen-bond acceptors (Lipinski definition) is 4. The Kier molecular flexibility index (Phi) is 8.18. The maximum atomic E-state index is 11.2. The Hall–Kier alpha value is -0.820. The lowest BCUT2D eigenvalue weighted by Gasteiger charge is -2.20. The maximum absolute atomic E-state index is 11.2. The van der Waals surface area contributed by atoms with Gasteiger partial charge in [0.05, 0.1) is 24.8 Å². The van der Waals surface area contributed by atoms with Gasteiger partial charge in [0.15, 0.2) is 0 Å². The Labute approximate surface area is 105 Å². The molecule has 6 nitrogen and oxygen atoms in total. The molecule has 1 aromatic heterocycles. The van der Waals surface area contributed by atoms with Crippen molar-refractivity contribution in [3.63, 3.8) is 0 Å². The van der Waals surface area contributed by atoms with E-state index in [-0.39, 0.29) is 42.3 Å². The van der Waals surface area contributed by atoms with E-state index in [1.165, 1.54) is 7.11 Å². The largest absolute Gasteiger partial charge is 0.468 e. The van der Waals surface area contributed by atoms with Gasteiger partial charge < -0.3 is 15.2 Å². The molecule has 16 heavy (non-hydrogen) atoms. The van der Waals surface area contributed by atoms with Crippen molar-refractivity contribution in [2.75, 3.05) is 7.11 Å². The van der Waals surface area contributed by atoms with E-state index in [0.29, 0.717) is 13.0 Å². The first-order valence-electron chi connectivity index (χ1n) is 4.13. The van der Waals surface area contributed by atoms with Crippen LogP contribution in [0.25, 0.3) is 0 Å². The summed E-state index contributed by atoms with van der Waals surface area (Å²) in [6, 6.07) is -0.249. The van der Waals surface area contributed by atoms with Crippen LogP contribution in [-0.4, -0.2) is 34.6 Å². The highest BCUT2D eigenvalue weighted by atomic mass is 35.5. The quantitative estimate of drug-likeness (QED) is 0.680. The highest BCUT2D eigenvalue weighted by Gasteiger charge is 2.25. The summed E-state index contributed by atoms with van der Waals surface area (Å²) in [5.74, 6) is -0.228. The van der Waals surface area contributed by atoms with Gasteiger partial charge in [-0.25, -0.2) is 4.98 Å². The van der Waals surface area contributed by atoms with Crippen molar-refractivity contribution in [2.45, 2.75) is 19.0 Å². The first-order chi connectivity index (χ1) is 6.31. The van der Waals surface area contributed by atoms with E-state index in [0.717, 1.165) is 11.4 Å². The number of methoxy groups -OCH3 is 1. The van der Waals surface area contributed by atoms with Gasteiger partial charge in [-0.15, -0.1) is 24.8 Å². The van der Waals surface area contributed by atoms with Crippen molar-refractivity contribution >= 4 is 30.8 Å². The standard InChI is InChI=1S/C8H11N3O2.2ClH.H2O/c1-13-8(12)6-2-5-7(3-9-6)11-4-10-5;;;/h4,6,9H,2-3H2,1H3,(H,10,11);2*1H;1H2. The summed E-state index contributed by atoms with van der Waals surface area (Å²) in [6.45, 7) is 0.648. The first kappa shape index (κ1) is 17.6. The number of nitrogens with zero attached hydrogens (tertiary/aromatic N) is 1. The summed E-state index contributed by atoms with van der Waals surface area (Å²) in [5, 5.41) is 3.07. The molecule has 0 amide bonds. The fourth-order valence-corrected chi connectivity index (χ4v) is 1.48. The lowest BCUT2D eigenvalue weighted by Crippen LogP contribution is -2.42. The minimum absolute atomic E-state index is 0. The lowest BCUT2D eigenvalue weighted by atomic mass is 10.1. The van der Waals surface area contributed by atoms with Gasteiger partial charge in [-0.3, -0.25) is 10.1 Å². The molecule has 8 heteroatoms. The normalized spacial score (nSPS) is 16.9. The second-order valence-corrected chi connectivity index (χ2v) is 2.99. The van der Waals surface area contributed by atoms with Gasteiger partial charge in [-0.2, -0.15) is 0 Å². The van der Waals surface area contributed by atoms with Gasteiger partial charge >= 0.3 is 5.97 Å². The Morgan fingerprint density at radius 3 is 2.88 bits per heavy atom. The van der Waals surface area contributed by atoms with Crippen molar-refractivity contribution in [1.82, 2.24) is 15.3 Å². The van der Waals surface area contributed by atoms with Crippen LogP contribution >= 0.6 is 24.8 Å². The maximum Gasteiger partial charge on any atom is 0.323 e. The van der Waals surface area contributed by atoms with Crippen LogP contribution in [0.2, 0.25) is 0 Å². The van der Waals surface area contributed by atoms with Crippen molar-refractivity contribution in [3.8, 4) is 0 Å². The molecule has 2 heterocycles. The molecule has 1 unspecified atom stereocenters. The van der Waals surface area contributed by atoms with E-state index in [9.17, 15) is 4.79 Å².